The van der Waals surface area contributed by atoms with Gasteiger partial charge in [0.2, 0.25) is 0 Å². The number of nitrogens with zero attached hydrogens (tertiary/aromatic N) is 3. The largest absolute Gasteiger partial charge is 0.395 e. The van der Waals surface area contributed by atoms with Crippen molar-refractivity contribution >= 4 is 5.69 Å². The van der Waals surface area contributed by atoms with Crippen LogP contribution in [-0.2, 0) is 0 Å². The molecule has 1 N–H and O–H groups in total. The van der Waals surface area contributed by atoms with Crippen molar-refractivity contribution in [1.29, 1.82) is 0 Å². The molecule has 0 aliphatic carbocycles. The number of aliphatic hydroxyl groups excluding tert-OH is 1. The number of piperidine rings is 1. The monoisotopic (exact) mass is 287 g/mol. The van der Waals surface area contributed by atoms with Gasteiger partial charge in [0.05, 0.1) is 6.61 Å². The fourth-order valence-corrected chi connectivity index (χ4v) is 4.43. The van der Waals surface area contributed by atoms with E-state index in [1.54, 1.807) is 5.56 Å². The second-order valence-electron chi connectivity index (χ2n) is 6.57. The molecule has 114 valence electrons. The molecule has 0 spiro atoms. The minimum absolute atomic E-state index is 0.285. The molecule has 2 unspecified atom stereocenters. The van der Waals surface area contributed by atoms with Gasteiger partial charge in [0, 0.05) is 63.5 Å². The number of aliphatic hydroxyl groups is 1. The Balaban J connectivity index is 1.49. The molecule has 1 aromatic rings. The van der Waals surface area contributed by atoms with Crippen molar-refractivity contribution in [2.45, 2.75) is 18.4 Å². The van der Waals surface area contributed by atoms with Crippen LogP contribution in [0.4, 0.5) is 5.69 Å². The van der Waals surface area contributed by atoms with Crippen LogP contribution in [0.1, 0.15) is 17.9 Å². The van der Waals surface area contributed by atoms with Crippen molar-refractivity contribution in [3.63, 3.8) is 0 Å². The van der Waals surface area contributed by atoms with Crippen molar-refractivity contribution in [3.05, 3.63) is 29.8 Å². The van der Waals surface area contributed by atoms with Crippen LogP contribution in [-0.4, -0.2) is 73.4 Å². The summed E-state index contributed by atoms with van der Waals surface area (Å²) in [7, 11) is 0. The van der Waals surface area contributed by atoms with Crippen LogP contribution in [0.3, 0.4) is 0 Å². The number of hydrogen-bond acceptors (Lipinski definition) is 4. The zero-order valence-electron chi connectivity index (χ0n) is 12.6. The molecule has 4 heterocycles. The molecular weight excluding hydrogens is 262 g/mol. The Morgan fingerprint density at radius 2 is 1.86 bits per heavy atom. The molecule has 0 amide bonds. The van der Waals surface area contributed by atoms with E-state index in [4.69, 9.17) is 5.11 Å². The Bertz CT molecular complexity index is 499. The quantitative estimate of drug-likeness (QED) is 0.897. The predicted octanol–water partition coefficient (Wildman–Crippen LogP) is 0.972. The summed E-state index contributed by atoms with van der Waals surface area (Å²) in [6.45, 7) is 8.04. The second-order valence-corrected chi connectivity index (χ2v) is 6.57. The van der Waals surface area contributed by atoms with Gasteiger partial charge in [-0.1, -0.05) is 18.2 Å². The van der Waals surface area contributed by atoms with E-state index in [-0.39, 0.29) is 6.61 Å². The highest BCUT2D eigenvalue weighted by Gasteiger charge is 2.41. The van der Waals surface area contributed by atoms with Crippen molar-refractivity contribution in [2.75, 3.05) is 57.3 Å². The van der Waals surface area contributed by atoms with E-state index in [0.29, 0.717) is 6.04 Å². The average molecular weight is 287 g/mol. The van der Waals surface area contributed by atoms with Gasteiger partial charge in [0.1, 0.15) is 0 Å². The summed E-state index contributed by atoms with van der Waals surface area (Å²) < 4.78 is 0. The Morgan fingerprint density at radius 3 is 2.67 bits per heavy atom. The molecule has 0 radical (unpaired) electrons. The Hall–Kier alpha value is -1.10. The van der Waals surface area contributed by atoms with Gasteiger partial charge in [0.25, 0.3) is 0 Å². The average Bonchev–Trinajstić information content (AvgIpc) is 2.57. The SMILES string of the molecule is OCCN1CCN(C2CN3CCC2c2ccccc23)CC1. The molecule has 2 bridgehead atoms. The van der Waals surface area contributed by atoms with Crippen molar-refractivity contribution in [1.82, 2.24) is 9.80 Å². The van der Waals surface area contributed by atoms with Crippen LogP contribution in [0, 0.1) is 0 Å². The first-order chi connectivity index (χ1) is 10.4. The minimum atomic E-state index is 0.285. The van der Waals surface area contributed by atoms with Crippen LogP contribution in [0.5, 0.6) is 0 Å². The minimum Gasteiger partial charge on any atom is -0.395 e. The summed E-state index contributed by atoms with van der Waals surface area (Å²) in [5.74, 6) is 0.718. The number of benzene rings is 1. The maximum atomic E-state index is 9.07. The van der Waals surface area contributed by atoms with Crippen molar-refractivity contribution in [3.8, 4) is 0 Å². The number of piperazine rings is 1. The van der Waals surface area contributed by atoms with E-state index in [1.165, 1.54) is 25.2 Å². The smallest absolute Gasteiger partial charge is 0.0558 e. The van der Waals surface area contributed by atoms with Gasteiger partial charge in [-0.05, 0) is 18.1 Å². The number of hydrogen-bond donors (Lipinski definition) is 1. The van der Waals surface area contributed by atoms with Gasteiger partial charge < -0.3 is 10.0 Å². The fraction of sp³-hybridized carbons (Fsp3) is 0.647. The molecule has 5 rings (SSSR count). The lowest BCUT2D eigenvalue weighted by atomic mass is 9.78. The molecule has 4 aliphatic heterocycles. The third-order valence-corrected chi connectivity index (χ3v) is 5.55. The van der Waals surface area contributed by atoms with Crippen molar-refractivity contribution in [2.24, 2.45) is 0 Å². The highest BCUT2D eigenvalue weighted by atomic mass is 16.3. The summed E-state index contributed by atoms with van der Waals surface area (Å²) in [4.78, 5) is 7.66. The predicted molar refractivity (Wildman–Crippen MR) is 84.9 cm³/mol. The van der Waals surface area contributed by atoms with Crippen LogP contribution in [0.15, 0.2) is 24.3 Å². The van der Waals surface area contributed by atoms with Crippen LogP contribution in [0.25, 0.3) is 0 Å². The van der Waals surface area contributed by atoms with E-state index >= 15 is 0 Å². The molecule has 4 heteroatoms. The Labute approximate surface area is 127 Å². The molecule has 0 saturated carbocycles. The molecule has 0 aromatic heterocycles. The lowest BCUT2D eigenvalue weighted by molar-refractivity contribution is 0.0671. The first-order valence-corrected chi connectivity index (χ1v) is 8.28. The third kappa shape index (κ3) is 2.35. The van der Waals surface area contributed by atoms with E-state index in [1.807, 2.05) is 0 Å². The standard InChI is InChI=1S/C17H25N3O/c21-12-11-18-7-9-19(10-8-18)17-13-20-6-5-15(17)14-3-1-2-4-16(14)20/h1-4,15,17,21H,5-13H2. The molecule has 4 aliphatic rings. The molecule has 2 atom stereocenters. The molecule has 4 nitrogen and oxygen atoms in total. The normalized spacial score (nSPS) is 29.7. The van der Waals surface area contributed by atoms with Gasteiger partial charge in [-0.15, -0.1) is 0 Å². The lowest BCUT2D eigenvalue weighted by Crippen LogP contribution is -2.59. The third-order valence-electron chi connectivity index (χ3n) is 5.55. The van der Waals surface area contributed by atoms with Gasteiger partial charge in [-0.25, -0.2) is 0 Å². The number of para-hydroxylation sites is 1. The molecule has 21 heavy (non-hydrogen) atoms. The summed E-state index contributed by atoms with van der Waals surface area (Å²) >= 11 is 0. The van der Waals surface area contributed by atoms with Gasteiger partial charge >= 0.3 is 0 Å². The van der Waals surface area contributed by atoms with E-state index in [2.05, 4.69) is 39.0 Å². The number of anilines is 1. The highest BCUT2D eigenvalue weighted by molar-refractivity contribution is 5.60. The highest BCUT2D eigenvalue weighted by Crippen LogP contribution is 2.43. The molecule has 2 saturated heterocycles. The number of fused-ring (bicyclic) bond motifs is 2. The zero-order chi connectivity index (χ0) is 14.2. The van der Waals surface area contributed by atoms with Gasteiger partial charge in [-0.3, -0.25) is 9.80 Å². The Kier molecular flexibility index (Phi) is 3.61. The maximum Gasteiger partial charge on any atom is 0.0558 e. The summed E-state index contributed by atoms with van der Waals surface area (Å²) in [5, 5.41) is 9.07. The first-order valence-electron chi connectivity index (χ1n) is 8.28. The first kappa shape index (κ1) is 13.6. The number of rotatable bonds is 3. The maximum absolute atomic E-state index is 9.07. The second kappa shape index (κ2) is 5.59. The van der Waals surface area contributed by atoms with Gasteiger partial charge in [0.15, 0.2) is 0 Å². The topological polar surface area (TPSA) is 30.0 Å². The van der Waals surface area contributed by atoms with Crippen LogP contribution in [0.2, 0.25) is 0 Å². The summed E-state index contributed by atoms with van der Waals surface area (Å²) in [6.07, 6.45) is 1.30. The van der Waals surface area contributed by atoms with E-state index < -0.39 is 0 Å². The van der Waals surface area contributed by atoms with Crippen molar-refractivity contribution < 1.29 is 5.11 Å². The van der Waals surface area contributed by atoms with Gasteiger partial charge in [-0.2, -0.15) is 0 Å². The zero-order valence-corrected chi connectivity index (χ0v) is 12.6. The lowest BCUT2D eigenvalue weighted by Gasteiger charge is -2.52. The van der Waals surface area contributed by atoms with Crippen LogP contribution >= 0.6 is 0 Å². The summed E-state index contributed by atoms with van der Waals surface area (Å²) in [5.41, 5.74) is 3.04. The fourth-order valence-electron chi connectivity index (χ4n) is 4.43. The van der Waals surface area contributed by atoms with E-state index in [0.717, 1.165) is 38.6 Å². The molecule has 1 aromatic carbocycles. The van der Waals surface area contributed by atoms with E-state index in [9.17, 15) is 0 Å². The molecular formula is C17H25N3O. The molecule has 2 fully saturated rings. The number of β-amino-alcohol motifs (C(OH)–C–C–N with tert-alkyl or cyclic N) is 1. The summed E-state index contributed by atoms with van der Waals surface area (Å²) in [6, 6.07) is 9.67. The Morgan fingerprint density at radius 1 is 1.05 bits per heavy atom. The van der Waals surface area contributed by atoms with Crippen LogP contribution < -0.4 is 4.90 Å².